The van der Waals surface area contributed by atoms with Crippen molar-refractivity contribution in [3.8, 4) is 0 Å². The van der Waals surface area contributed by atoms with Crippen molar-refractivity contribution in [2.75, 3.05) is 0 Å². The summed E-state index contributed by atoms with van der Waals surface area (Å²) in [5.41, 5.74) is -0.349. The van der Waals surface area contributed by atoms with E-state index in [1.54, 1.807) is 23.4 Å². The fourth-order valence-corrected chi connectivity index (χ4v) is 3.70. The van der Waals surface area contributed by atoms with Gasteiger partial charge >= 0.3 is 0 Å². The van der Waals surface area contributed by atoms with Crippen molar-refractivity contribution in [1.82, 2.24) is 19.3 Å². The highest BCUT2D eigenvalue weighted by molar-refractivity contribution is 5.91. The third-order valence-corrected chi connectivity index (χ3v) is 5.49. The molecule has 0 aliphatic carbocycles. The third kappa shape index (κ3) is 3.49. The highest BCUT2D eigenvalue weighted by atomic mass is 16.4. The predicted octanol–water partition coefficient (Wildman–Crippen LogP) is 3.47. The summed E-state index contributed by atoms with van der Waals surface area (Å²) in [6.07, 6.45) is 13.8. The molecular weight excluding hydrogens is 332 g/mol. The van der Waals surface area contributed by atoms with E-state index in [1.807, 2.05) is 30.0 Å². The van der Waals surface area contributed by atoms with Crippen LogP contribution in [0.1, 0.15) is 52.9 Å². The van der Waals surface area contributed by atoms with E-state index in [2.05, 4.69) is 34.2 Å². The van der Waals surface area contributed by atoms with Gasteiger partial charge in [0.2, 0.25) is 0 Å². The van der Waals surface area contributed by atoms with Crippen molar-refractivity contribution >= 4 is 11.9 Å². The Morgan fingerprint density at radius 2 is 1.88 bits per heavy atom. The molecule has 1 atom stereocenters. The van der Waals surface area contributed by atoms with Gasteiger partial charge in [-0.2, -0.15) is 5.10 Å². The number of oxime groups is 2. The molecule has 26 heavy (non-hydrogen) atoms. The molecule has 0 saturated carbocycles. The van der Waals surface area contributed by atoms with E-state index >= 15 is 0 Å². The number of rotatable bonds is 10. The second kappa shape index (κ2) is 8.64. The first-order valence-corrected chi connectivity index (χ1v) is 9.01. The zero-order valence-electron chi connectivity index (χ0n) is 15.7. The van der Waals surface area contributed by atoms with Crippen molar-refractivity contribution in [3.05, 3.63) is 37.2 Å². The SMILES string of the molecule is CCC(C=NO)(CCC(=NO)C(CC)(CC)n1ccnc1)n1cccn1. The first kappa shape index (κ1) is 19.7. The van der Waals surface area contributed by atoms with Crippen molar-refractivity contribution in [2.45, 2.75) is 64.0 Å². The normalized spacial score (nSPS) is 15.4. The molecule has 0 radical (unpaired) electrons. The maximum absolute atomic E-state index is 9.80. The summed E-state index contributed by atoms with van der Waals surface area (Å²) in [5.74, 6) is 0. The molecule has 0 fully saturated rings. The number of hydrogen-bond acceptors (Lipinski definition) is 6. The minimum atomic E-state index is -0.587. The summed E-state index contributed by atoms with van der Waals surface area (Å²) < 4.78 is 3.79. The third-order valence-electron chi connectivity index (χ3n) is 5.49. The van der Waals surface area contributed by atoms with Gasteiger partial charge in [-0.05, 0) is 38.2 Å². The Bertz CT molecular complexity index is 704. The van der Waals surface area contributed by atoms with Crippen LogP contribution in [0.2, 0.25) is 0 Å². The Kier molecular flexibility index (Phi) is 6.54. The Hall–Kier alpha value is -2.64. The average molecular weight is 360 g/mol. The molecule has 2 heterocycles. The van der Waals surface area contributed by atoms with Crippen molar-refractivity contribution in [3.63, 3.8) is 0 Å². The van der Waals surface area contributed by atoms with Gasteiger partial charge in [-0.25, -0.2) is 4.98 Å². The van der Waals surface area contributed by atoms with Crippen LogP contribution >= 0.6 is 0 Å². The minimum absolute atomic E-state index is 0.439. The minimum Gasteiger partial charge on any atom is -0.411 e. The van der Waals surface area contributed by atoms with Gasteiger partial charge in [0.1, 0.15) is 5.54 Å². The molecule has 1 unspecified atom stereocenters. The Balaban J connectivity index is 2.34. The molecule has 0 amide bonds. The molecule has 0 aromatic carbocycles. The highest BCUT2D eigenvalue weighted by Crippen LogP contribution is 2.32. The molecule has 0 bridgehead atoms. The topological polar surface area (TPSA) is 101 Å². The van der Waals surface area contributed by atoms with Gasteiger partial charge in [0, 0.05) is 24.8 Å². The van der Waals surface area contributed by atoms with Crippen molar-refractivity contribution in [1.29, 1.82) is 0 Å². The van der Waals surface area contributed by atoms with Crippen LogP contribution in [0.25, 0.3) is 0 Å². The molecule has 8 heteroatoms. The number of imidazole rings is 1. The summed E-state index contributed by atoms with van der Waals surface area (Å²) in [6.45, 7) is 6.16. The van der Waals surface area contributed by atoms with E-state index in [-0.39, 0.29) is 0 Å². The second-order valence-corrected chi connectivity index (χ2v) is 6.41. The number of aromatic nitrogens is 4. The fourth-order valence-electron chi connectivity index (χ4n) is 3.70. The first-order chi connectivity index (χ1) is 12.6. The Morgan fingerprint density at radius 1 is 1.12 bits per heavy atom. The summed E-state index contributed by atoms with van der Waals surface area (Å²) in [4.78, 5) is 4.15. The van der Waals surface area contributed by atoms with Crippen LogP contribution < -0.4 is 0 Å². The summed E-state index contributed by atoms with van der Waals surface area (Å²) >= 11 is 0. The lowest BCUT2D eigenvalue weighted by Gasteiger charge is -2.36. The zero-order chi connectivity index (χ0) is 19.0. The number of hydrogen-bond donors (Lipinski definition) is 2. The molecule has 2 aromatic heterocycles. The van der Waals surface area contributed by atoms with E-state index in [0.29, 0.717) is 25.0 Å². The summed E-state index contributed by atoms with van der Waals surface area (Å²) in [6, 6.07) is 1.84. The lowest BCUT2D eigenvalue weighted by atomic mass is 9.81. The van der Waals surface area contributed by atoms with Crippen LogP contribution in [-0.2, 0) is 11.1 Å². The van der Waals surface area contributed by atoms with Crippen molar-refractivity contribution in [2.24, 2.45) is 10.3 Å². The lowest BCUT2D eigenvalue weighted by molar-refractivity contribution is 0.276. The summed E-state index contributed by atoms with van der Waals surface area (Å²) in [5, 5.41) is 30.3. The van der Waals surface area contributed by atoms with Gasteiger partial charge in [-0.3, -0.25) is 4.68 Å². The van der Waals surface area contributed by atoms with Gasteiger partial charge in [0.25, 0.3) is 0 Å². The molecule has 2 rings (SSSR count). The standard InChI is InChI=1S/C18H28N6O2/c1-4-17(14-21-25,24-12-7-10-20-24)9-8-16(22-26)18(5-2,6-3)23-13-11-19-15-23/h7,10-15,25-26H,4-6,8-9H2,1-3H3. The van der Waals surface area contributed by atoms with E-state index in [4.69, 9.17) is 0 Å². The van der Waals surface area contributed by atoms with Crippen LogP contribution in [0.3, 0.4) is 0 Å². The van der Waals surface area contributed by atoms with Crippen LogP contribution in [0, 0.1) is 0 Å². The van der Waals surface area contributed by atoms with Gasteiger partial charge < -0.3 is 15.0 Å². The summed E-state index contributed by atoms with van der Waals surface area (Å²) in [7, 11) is 0. The van der Waals surface area contributed by atoms with Crippen LogP contribution in [-0.4, -0.2) is 41.7 Å². The van der Waals surface area contributed by atoms with Crippen LogP contribution in [0.4, 0.5) is 0 Å². The van der Waals surface area contributed by atoms with Gasteiger partial charge in [-0.15, -0.1) is 0 Å². The monoisotopic (exact) mass is 360 g/mol. The van der Waals surface area contributed by atoms with Crippen LogP contribution in [0.15, 0.2) is 47.5 Å². The molecule has 0 spiro atoms. The average Bonchev–Trinajstić information content (AvgIpc) is 3.39. The molecule has 8 nitrogen and oxygen atoms in total. The van der Waals surface area contributed by atoms with Gasteiger partial charge in [0.05, 0.1) is 23.8 Å². The molecule has 142 valence electrons. The maximum atomic E-state index is 9.80. The van der Waals surface area contributed by atoms with Crippen molar-refractivity contribution < 1.29 is 10.4 Å². The van der Waals surface area contributed by atoms with E-state index < -0.39 is 11.1 Å². The molecule has 0 saturated heterocycles. The quantitative estimate of drug-likeness (QED) is 0.385. The van der Waals surface area contributed by atoms with E-state index in [1.165, 1.54) is 6.21 Å². The smallest absolute Gasteiger partial charge is 0.101 e. The molecule has 0 aliphatic rings. The van der Waals surface area contributed by atoms with Gasteiger partial charge in [0.15, 0.2) is 0 Å². The maximum Gasteiger partial charge on any atom is 0.101 e. The fraction of sp³-hybridized carbons (Fsp3) is 0.556. The number of nitrogens with zero attached hydrogens (tertiary/aromatic N) is 6. The van der Waals surface area contributed by atoms with E-state index in [9.17, 15) is 10.4 Å². The van der Waals surface area contributed by atoms with E-state index in [0.717, 1.165) is 12.8 Å². The first-order valence-electron chi connectivity index (χ1n) is 9.01. The highest BCUT2D eigenvalue weighted by Gasteiger charge is 2.37. The van der Waals surface area contributed by atoms with Gasteiger partial charge in [-0.1, -0.05) is 31.1 Å². The largest absolute Gasteiger partial charge is 0.411 e. The molecular formula is C18H28N6O2. The molecule has 2 aromatic rings. The zero-order valence-corrected chi connectivity index (χ0v) is 15.7. The Labute approximate surface area is 153 Å². The van der Waals surface area contributed by atoms with Crippen LogP contribution in [0.5, 0.6) is 0 Å². The Morgan fingerprint density at radius 3 is 2.35 bits per heavy atom. The lowest BCUT2D eigenvalue weighted by Crippen LogP contribution is -2.43. The second-order valence-electron chi connectivity index (χ2n) is 6.41. The predicted molar refractivity (Wildman–Crippen MR) is 100 cm³/mol. The molecule has 0 aliphatic heterocycles. The molecule has 2 N–H and O–H groups in total.